The zero-order valence-corrected chi connectivity index (χ0v) is 26.5. The number of aliphatic imine (C=N–C) groups is 1. The Bertz CT molecular complexity index is 2450. The molecule has 4 nitrogen and oxygen atoms in total. The predicted octanol–water partition coefficient (Wildman–Crippen LogP) is 11.5. The second kappa shape index (κ2) is 12.1. The number of halogens is 12. The number of nitrogens with one attached hydrogen (secondary N) is 1. The number of rotatable bonds is 3. The van der Waals surface area contributed by atoms with Crippen molar-refractivity contribution in [2.75, 3.05) is 0 Å². The standard InChI is InChI=1S/C38H16F12N4/c39-35(40,41)21-5-19(6-22(11-21)36(42,43)44)17-1-3-25-27-13-28-26-4-2-18(20-7-23(37(45,46)47)12-24(8-20)38(48,49)50)10-30(26)34(54-16-52)32(28)14-31(27)33(53-15-51)29(25)9-17/h1-14,33,53H/b54-34-. The molecule has 0 saturated carbocycles. The Balaban J connectivity index is 1.37. The molecule has 0 spiro atoms. The van der Waals surface area contributed by atoms with Crippen molar-refractivity contribution in [1.29, 1.82) is 10.5 Å². The molecule has 1 unspecified atom stereocenters. The normalized spacial score (nSPS) is 15.6. The molecular weight excluding hydrogens is 740 g/mol. The van der Waals surface area contributed by atoms with Gasteiger partial charge in [-0.2, -0.15) is 68.2 Å². The Labute approximate surface area is 296 Å². The van der Waals surface area contributed by atoms with Crippen LogP contribution < -0.4 is 5.32 Å². The van der Waals surface area contributed by atoms with E-state index in [0.717, 1.165) is 0 Å². The number of nitriles is 2. The van der Waals surface area contributed by atoms with Crippen molar-refractivity contribution in [3.8, 4) is 56.9 Å². The van der Waals surface area contributed by atoms with Crippen molar-refractivity contribution in [2.24, 2.45) is 4.99 Å². The highest BCUT2D eigenvalue weighted by atomic mass is 19.4. The van der Waals surface area contributed by atoms with Crippen LogP contribution in [-0.2, 0) is 24.7 Å². The maximum Gasteiger partial charge on any atom is 0.416 e. The SMILES string of the molecule is N#C/N=C1/c2cc(-c3cc(C(F)(F)F)cc(C(F)(F)F)c3)ccc2-c2cc3c(cc21)C(NC#N)c1cc(-c2cc(C(F)(F)F)cc(C(F)(F)F)c2)ccc1-3. The lowest BCUT2D eigenvalue weighted by atomic mass is 9.94. The van der Waals surface area contributed by atoms with E-state index in [1.165, 1.54) is 36.4 Å². The molecule has 2 aliphatic rings. The van der Waals surface area contributed by atoms with Crippen molar-refractivity contribution >= 4 is 5.71 Å². The van der Waals surface area contributed by atoms with Gasteiger partial charge < -0.3 is 5.32 Å². The lowest BCUT2D eigenvalue weighted by molar-refractivity contribution is -0.144. The summed E-state index contributed by atoms with van der Waals surface area (Å²) in [5.41, 5.74) is -3.82. The molecular formula is C38H16F12N4. The van der Waals surface area contributed by atoms with Crippen LogP contribution in [0.15, 0.2) is 89.9 Å². The van der Waals surface area contributed by atoms with Crippen LogP contribution in [0, 0.1) is 22.9 Å². The maximum atomic E-state index is 13.6. The summed E-state index contributed by atoms with van der Waals surface area (Å²) in [5.74, 6) is 0. The van der Waals surface area contributed by atoms with Crippen molar-refractivity contribution in [2.45, 2.75) is 30.7 Å². The van der Waals surface area contributed by atoms with Crippen LogP contribution in [0.5, 0.6) is 0 Å². The number of hydrogen-bond acceptors (Lipinski definition) is 4. The van der Waals surface area contributed by atoms with Gasteiger partial charge in [-0.15, -0.1) is 0 Å². The topological polar surface area (TPSA) is 72.0 Å². The molecule has 0 aliphatic heterocycles. The van der Waals surface area contributed by atoms with E-state index >= 15 is 0 Å². The highest BCUT2D eigenvalue weighted by Gasteiger charge is 2.40. The Kier molecular flexibility index (Phi) is 8.10. The average Bonchev–Trinajstić information content (AvgIpc) is 3.56. The molecule has 2 aliphatic carbocycles. The first kappa shape index (κ1) is 36.1. The fourth-order valence-corrected chi connectivity index (χ4v) is 6.83. The van der Waals surface area contributed by atoms with Gasteiger partial charge in [-0.25, -0.2) is 0 Å². The maximum absolute atomic E-state index is 13.6. The number of alkyl halides is 12. The van der Waals surface area contributed by atoms with Crippen LogP contribution in [0.1, 0.15) is 50.5 Å². The van der Waals surface area contributed by atoms with Crippen LogP contribution in [0.3, 0.4) is 0 Å². The third kappa shape index (κ3) is 6.17. The summed E-state index contributed by atoms with van der Waals surface area (Å²) < 4.78 is 163. The first-order valence-corrected chi connectivity index (χ1v) is 15.4. The van der Waals surface area contributed by atoms with Gasteiger partial charge in [0.25, 0.3) is 0 Å². The van der Waals surface area contributed by atoms with Gasteiger partial charge in [0.15, 0.2) is 6.19 Å². The largest absolute Gasteiger partial charge is 0.416 e. The molecule has 5 aromatic carbocycles. The molecule has 7 rings (SSSR count). The minimum Gasteiger partial charge on any atom is -0.312 e. The van der Waals surface area contributed by atoms with Crippen LogP contribution in [0.2, 0.25) is 0 Å². The molecule has 1 atom stereocenters. The molecule has 0 saturated heterocycles. The third-order valence-corrected chi connectivity index (χ3v) is 9.19. The predicted molar refractivity (Wildman–Crippen MR) is 170 cm³/mol. The van der Waals surface area contributed by atoms with E-state index in [0.29, 0.717) is 63.2 Å². The van der Waals surface area contributed by atoms with Gasteiger partial charge in [-0.1, -0.05) is 24.3 Å². The van der Waals surface area contributed by atoms with E-state index in [2.05, 4.69) is 10.3 Å². The molecule has 0 heterocycles. The van der Waals surface area contributed by atoms with Crippen molar-refractivity contribution in [3.05, 3.63) is 129 Å². The van der Waals surface area contributed by atoms with Crippen LogP contribution in [0.4, 0.5) is 52.7 Å². The molecule has 54 heavy (non-hydrogen) atoms. The molecule has 0 fully saturated rings. The van der Waals surface area contributed by atoms with Crippen LogP contribution in [0.25, 0.3) is 44.5 Å². The minimum atomic E-state index is -5.10. The lowest BCUT2D eigenvalue weighted by Crippen LogP contribution is -2.15. The second-order valence-corrected chi connectivity index (χ2v) is 12.4. The summed E-state index contributed by atoms with van der Waals surface area (Å²) in [6.45, 7) is 0. The highest BCUT2D eigenvalue weighted by molar-refractivity contribution is 6.25. The first-order valence-electron chi connectivity index (χ1n) is 15.4. The summed E-state index contributed by atoms with van der Waals surface area (Å²) in [4.78, 5) is 3.90. The van der Waals surface area contributed by atoms with Crippen LogP contribution >= 0.6 is 0 Å². The zero-order valence-electron chi connectivity index (χ0n) is 26.5. The Morgan fingerprint density at radius 3 is 1.35 bits per heavy atom. The molecule has 0 bridgehead atoms. The van der Waals surface area contributed by atoms with Gasteiger partial charge in [0, 0.05) is 11.1 Å². The minimum absolute atomic E-state index is 0.00268. The summed E-state index contributed by atoms with van der Waals surface area (Å²) >= 11 is 0. The third-order valence-electron chi connectivity index (χ3n) is 9.19. The van der Waals surface area contributed by atoms with E-state index in [1.54, 1.807) is 24.5 Å². The lowest BCUT2D eigenvalue weighted by Gasteiger charge is -2.16. The summed E-state index contributed by atoms with van der Waals surface area (Å²) in [6.07, 6.45) is -16.9. The summed E-state index contributed by atoms with van der Waals surface area (Å²) in [7, 11) is 0. The molecule has 272 valence electrons. The number of nitrogens with zero attached hydrogens (tertiary/aromatic N) is 3. The quantitative estimate of drug-likeness (QED) is 0.111. The highest BCUT2D eigenvalue weighted by Crippen LogP contribution is 2.51. The monoisotopic (exact) mass is 756 g/mol. The van der Waals surface area contributed by atoms with E-state index in [1.807, 2.05) is 0 Å². The van der Waals surface area contributed by atoms with E-state index in [9.17, 15) is 63.2 Å². The molecule has 1 N–H and O–H groups in total. The molecule has 5 aromatic rings. The van der Waals surface area contributed by atoms with E-state index in [4.69, 9.17) is 0 Å². The average molecular weight is 757 g/mol. The number of fused-ring (bicyclic) bond motifs is 6. The van der Waals surface area contributed by atoms with E-state index in [-0.39, 0.29) is 40.1 Å². The van der Waals surface area contributed by atoms with Gasteiger partial charge in [0.05, 0.1) is 34.0 Å². The van der Waals surface area contributed by atoms with Gasteiger partial charge in [0.1, 0.15) is 0 Å². The smallest absolute Gasteiger partial charge is 0.312 e. The molecule has 0 aromatic heterocycles. The zero-order chi connectivity index (χ0) is 39.1. The second-order valence-electron chi connectivity index (χ2n) is 12.4. The molecule has 16 heteroatoms. The van der Waals surface area contributed by atoms with Crippen LogP contribution in [-0.4, -0.2) is 5.71 Å². The van der Waals surface area contributed by atoms with Crippen molar-refractivity contribution in [1.82, 2.24) is 5.32 Å². The van der Waals surface area contributed by atoms with Gasteiger partial charge in [0.2, 0.25) is 6.19 Å². The summed E-state index contributed by atoms with van der Waals surface area (Å²) in [5, 5.41) is 21.8. The molecule has 0 amide bonds. The van der Waals surface area contributed by atoms with Crippen molar-refractivity contribution < 1.29 is 52.7 Å². The number of hydrogen-bond donors (Lipinski definition) is 1. The fraction of sp³-hybridized carbons (Fsp3) is 0.132. The summed E-state index contributed by atoms with van der Waals surface area (Å²) in [6, 6.07) is 12.8. The van der Waals surface area contributed by atoms with E-state index < -0.39 is 58.6 Å². The first-order chi connectivity index (χ1) is 25.2. The van der Waals surface area contributed by atoms with Gasteiger partial charge in [-0.3, -0.25) is 0 Å². The van der Waals surface area contributed by atoms with Crippen molar-refractivity contribution in [3.63, 3.8) is 0 Å². The van der Waals surface area contributed by atoms with Gasteiger partial charge in [-0.05, 0) is 116 Å². The molecule has 0 radical (unpaired) electrons. The Morgan fingerprint density at radius 2 is 0.889 bits per heavy atom. The fourth-order valence-electron chi connectivity index (χ4n) is 6.83. The number of benzene rings is 5. The Morgan fingerprint density at radius 1 is 0.444 bits per heavy atom. The van der Waals surface area contributed by atoms with Gasteiger partial charge >= 0.3 is 24.7 Å². The Hall–Kier alpha value is -6.29.